The van der Waals surface area contributed by atoms with Gasteiger partial charge in [-0.2, -0.15) is 0 Å². The molecule has 21 heavy (non-hydrogen) atoms. The molecule has 0 radical (unpaired) electrons. The number of fused-ring (bicyclic) bond motifs is 1. The molecule has 108 valence electrons. The molecule has 2 aromatic rings. The Morgan fingerprint density at radius 1 is 1.14 bits per heavy atom. The second-order valence-corrected chi connectivity index (χ2v) is 5.13. The molecule has 0 aliphatic carbocycles. The van der Waals surface area contributed by atoms with Crippen LogP contribution in [-0.4, -0.2) is 19.1 Å². The maximum absolute atomic E-state index is 12.1. The number of carbonyl (C=O) groups is 1. The summed E-state index contributed by atoms with van der Waals surface area (Å²) in [6, 6.07) is 15.3. The fourth-order valence-electron chi connectivity index (χ4n) is 2.58. The zero-order chi connectivity index (χ0) is 14.7. The van der Waals surface area contributed by atoms with Crippen LogP contribution < -0.4 is 15.4 Å². The predicted molar refractivity (Wildman–Crippen MR) is 83.5 cm³/mol. The van der Waals surface area contributed by atoms with Gasteiger partial charge in [-0.15, -0.1) is 0 Å². The number of nitrogens with zero attached hydrogens (tertiary/aromatic N) is 1. The van der Waals surface area contributed by atoms with Gasteiger partial charge < -0.3 is 15.4 Å². The molecule has 0 fully saturated rings. The smallest absolute Gasteiger partial charge is 0.231 e. The van der Waals surface area contributed by atoms with Crippen molar-refractivity contribution in [3.05, 3.63) is 54.1 Å². The van der Waals surface area contributed by atoms with E-state index in [1.54, 1.807) is 0 Å². The number of carbonyl (C=O) groups excluding carboxylic acids is 1. The minimum Gasteiger partial charge on any atom is -0.494 e. The van der Waals surface area contributed by atoms with Crippen molar-refractivity contribution in [1.29, 1.82) is 0 Å². The molecule has 1 heterocycles. The summed E-state index contributed by atoms with van der Waals surface area (Å²) in [5.41, 5.74) is 8.46. The Bertz CT molecular complexity index is 640. The van der Waals surface area contributed by atoms with Crippen molar-refractivity contribution in [3.8, 4) is 5.75 Å². The van der Waals surface area contributed by atoms with Gasteiger partial charge >= 0.3 is 0 Å². The van der Waals surface area contributed by atoms with E-state index in [-0.39, 0.29) is 5.91 Å². The maximum atomic E-state index is 12.1. The summed E-state index contributed by atoms with van der Waals surface area (Å²) in [6.45, 7) is 1.26. The lowest BCUT2D eigenvalue weighted by Crippen LogP contribution is -2.28. The number of para-hydroxylation sites is 1. The molecule has 0 spiro atoms. The highest BCUT2D eigenvalue weighted by Gasteiger charge is 2.26. The molecule has 0 saturated carbocycles. The van der Waals surface area contributed by atoms with Crippen LogP contribution in [0.2, 0.25) is 0 Å². The lowest BCUT2D eigenvalue weighted by Gasteiger charge is -2.17. The fourth-order valence-corrected chi connectivity index (χ4v) is 2.58. The lowest BCUT2D eigenvalue weighted by molar-refractivity contribution is -0.117. The highest BCUT2D eigenvalue weighted by molar-refractivity contribution is 6.01. The number of hydrogen-bond donors (Lipinski definition) is 1. The summed E-state index contributed by atoms with van der Waals surface area (Å²) >= 11 is 0. The Kier molecular flexibility index (Phi) is 3.77. The van der Waals surface area contributed by atoms with Crippen LogP contribution in [-0.2, 0) is 11.2 Å². The molecule has 2 aromatic carbocycles. The van der Waals surface area contributed by atoms with E-state index >= 15 is 0 Å². The summed E-state index contributed by atoms with van der Waals surface area (Å²) in [7, 11) is 0. The zero-order valence-corrected chi connectivity index (χ0v) is 11.8. The number of benzene rings is 2. The molecule has 2 N–H and O–H groups in total. The van der Waals surface area contributed by atoms with Gasteiger partial charge in [-0.05, 0) is 42.3 Å². The first-order valence-electron chi connectivity index (χ1n) is 7.10. The third-order valence-electron chi connectivity index (χ3n) is 3.58. The topological polar surface area (TPSA) is 55.6 Å². The van der Waals surface area contributed by atoms with Gasteiger partial charge in [-0.3, -0.25) is 4.79 Å². The van der Waals surface area contributed by atoms with Crippen LogP contribution in [0.5, 0.6) is 5.75 Å². The molecule has 1 amide bonds. The van der Waals surface area contributed by atoms with Crippen molar-refractivity contribution in [3.63, 3.8) is 0 Å². The molecule has 0 bridgehead atoms. The normalized spacial score (nSPS) is 13.3. The summed E-state index contributed by atoms with van der Waals surface area (Å²) in [4.78, 5) is 13.9. The first-order chi connectivity index (χ1) is 10.2. The minimum atomic E-state index is 0.135. The summed E-state index contributed by atoms with van der Waals surface area (Å²) in [6.07, 6.45) is 1.24. The second kappa shape index (κ2) is 5.87. The standard InChI is InChI=1S/C17H18N2O2/c18-14-7-8-16-13(11-14)12-17(20)19(16)9-4-10-21-15-5-2-1-3-6-15/h1-3,5-8,11H,4,9-10,12,18H2. The van der Waals surface area contributed by atoms with Crippen LogP contribution in [0.3, 0.4) is 0 Å². The fraction of sp³-hybridized carbons (Fsp3) is 0.235. The Morgan fingerprint density at radius 3 is 2.76 bits per heavy atom. The highest BCUT2D eigenvalue weighted by atomic mass is 16.5. The van der Waals surface area contributed by atoms with Crippen molar-refractivity contribution in [2.75, 3.05) is 23.8 Å². The molecule has 4 nitrogen and oxygen atoms in total. The molecule has 0 unspecified atom stereocenters. The second-order valence-electron chi connectivity index (χ2n) is 5.13. The average molecular weight is 282 g/mol. The van der Waals surface area contributed by atoms with Crippen molar-refractivity contribution in [1.82, 2.24) is 0 Å². The number of nitrogens with two attached hydrogens (primary N) is 1. The van der Waals surface area contributed by atoms with Crippen LogP contribution in [0.4, 0.5) is 11.4 Å². The van der Waals surface area contributed by atoms with Crippen LogP contribution in [0.1, 0.15) is 12.0 Å². The lowest BCUT2D eigenvalue weighted by atomic mass is 10.1. The van der Waals surface area contributed by atoms with Gasteiger partial charge in [0, 0.05) is 17.9 Å². The van der Waals surface area contributed by atoms with E-state index in [4.69, 9.17) is 10.5 Å². The van der Waals surface area contributed by atoms with Gasteiger partial charge in [-0.25, -0.2) is 0 Å². The molecule has 1 aliphatic heterocycles. The van der Waals surface area contributed by atoms with Gasteiger partial charge in [0.25, 0.3) is 0 Å². The van der Waals surface area contributed by atoms with Crippen LogP contribution in [0.25, 0.3) is 0 Å². The van der Waals surface area contributed by atoms with Crippen LogP contribution in [0, 0.1) is 0 Å². The number of amides is 1. The van der Waals surface area contributed by atoms with Crippen molar-refractivity contribution < 1.29 is 9.53 Å². The summed E-state index contributed by atoms with van der Waals surface area (Å²) in [5.74, 6) is 0.994. The van der Waals surface area contributed by atoms with E-state index in [1.165, 1.54) is 0 Å². The zero-order valence-electron chi connectivity index (χ0n) is 11.8. The number of hydrogen-bond acceptors (Lipinski definition) is 3. The van der Waals surface area contributed by atoms with Gasteiger partial charge in [0.2, 0.25) is 5.91 Å². The van der Waals surface area contributed by atoms with Crippen LogP contribution >= 0.6 is 0 Å². The quantitative estimate of drug-likeness (QED) is 0.677. The molecule has 4 heteroatoms. The Hall–Kier alpha value is -2.49. The maximum Gasteiger partial charge on any atom is 0.231 e. The Balaban J connectivity index is 1.55. The van der Waals surface area contributed by atoms with Gasteiger partial charge in [-0.1, -0.05) is 18.2 Å². The Labute approximate surface area is 124 Å². The first kappa shape index (κ1) is 13.5. The van der Waals surface area contributed by atoms with Gasteiger partial charge in [0.15, 0.2) is 0 Å². The van der Waals surface area contributed by atoms with E-state index in [9.17, 15) is 4.79 Å². The average Bonchev–Trinajstić information content (AvgIpc) is 2.79. The molecule has 1 aliphatic rings. The first-order valence-corrected chi connectivity index (χ1v) is 7.10. The third-order valence-corrected chi connectivity index (χ3v) is 3.58. The number of nitrogen functional groups attached to an aromatic ring is 1. The molecule has 3 rings (SSSR count). The number of rotatable bonds is 5. The van der Waals surface area contributed by atoms with Crippen molar-refractivity contribution >= 4 is 17.3 Å². The number of anilines is 2. The van der Waals surface area contributed by atoms with Crippen molar-refractivity contribution in [2.45, 2.75) is 12.8 Å². The van der Waals surface area contributed by atoms with E-state index in [0.29, 0.717) is 25.3 Å². The molecule has 0 saturated heterocycles. The monoisotopic (exact) mass is 282 g/mol. The Morgan fingerprint density at radius 2 is 1.95 bits per heavy atom. The van der Waals surface area contributed by atoms with E-state index in [2.05, 4.69) is 0 Å². The van der Waals surface area contributed by atoms with E-state index in [0.717, 1.165) is 23.4 Å². The molecular formula is C17H18N2O2. The minimum absolute atomic E-state index is 0.135. The van der Waals surface area contributed by atoms with Gasteiger partial charge in [0.1, 0.15) is 5.75 Å². The molecule has 0 aromatic heterocycles. The number of ether oxygens (including phenoxy) is 1. The molecule has 0 atom stereocenters. The van der Waals surface area contributed by atoms with E-state index < -0.39 is 0 Å². The summed E-state index contributed by atoms with van der Waals surface area (Å²) in [5, 5.41) is 0. The molecular weight excluding hydrogens is 264 g/mol. The predicted octanol–water partition coefficient (Wildman–Crippen LogP) is 2.63. The SMILES string of the molecule is Nc1ccc2c(c1)CC(=O)N2CCCOc1ccccc1. The summed E-state index contributed by atoms with van der Waals surface area (Å²) < 4.78 is 5.65. The van der Waals surface area contributed by atoms with E-state index in [1.807, 2.05) is 53.4 Å². The van der Waals surface area contributed by atoms with Gasteiger partial charge in [0.05, 0.1) is 13.0 Å². The highest BCUT2D eigenvalue weighted by Crippen LogP contribution is 2.30. The van der Waals surface area contributed by atoms with Crippen LogP contribution in [0.15, 0.2) is 48.5 Å². The van der Waals surface area contributed by atoms with Crippen molar-refractivity contribution in [2.24, 2.45) is 0 Å². The third kappa shape index (κ3) is 2.99. The largest absolute Gasteiger partial charge is 0.494 e.